The quantitative estimate of drug-likeness (QED) is 0.570. The van der Waals surface area contributed by atoms with E-state index in [1.807, 2.05) is 0 Å². The standard InChI is InChI=1S/C18H17N5O4S/c1-27-16-6-5-11(9-14(16)17(19)24)15-7-8-21-18(23-15)22-12-3-2-4-13(10-12)28(20,25)26/h2-10H,1H3,(H2,19,24)(H2,20,25,26)(H,21,22,23). The number of nitrogens with zero attached hydrogens (tertiary/aromatic N) is 2. The third kappa shape index (κ3) is 4.24. The summed E-state index contributed by atoms with van der Waals surface area (Å²) >= 11 is 0. The van der Waals surface area contributed by atoms with Gasteiger partial charge in [0.05, 0.1) is 23.3 Å². The highest BCUT2D eigenvalue weighted by atomic mass is 32.2. The Bertz CT molecular complexity index is 1150. The third-order valence-electron chi connectivity index (χ3n) is 3.83. The number of hydrogen-bond acceptors (Lipinski definition) is 7. The minimum Gasteiger partial charge on any atom is -0.496 e. The number of nitrogens with one attached hydrogen (secondary N) is 1. The molecular weight excluding hydrogens is 382 g/mol. The van der Waals surface area contributed by atoms with E-state index in [0.717, 1.165) is 0 Å². The lowest BCUT2D eigenvalue weighted by Crippen LogP contribution is -2.12. The molecule has 2 aromatic carbocycles. The van der Waals surface area contributed by atoms with Crippen LogP contribution in [0.1, 0.15) is 10.4 Å². The van der Waals surface area contributed by atoms with E-state index in [1.165, 1.54) is 25.4 Å². The number of amides is 1. The third-order valence-corrected chi connectivity index (χ3v) is 4.75. The van der Waals surface area contributed by atoms with Gasteiger partial charge in [-0.1, -0.05) is 6.07 Å². The van der Waals surface area contributed by atoms with E-state index in [0.29, 0.717) is 22.7 Å². The van der Waals surface area contributed by atoms with Crippen molar-refractivity contribution in [1.82, 2.24) is 9.97 Å². The average molecular weight is 399 g/mol. The Balaban J connectivity index is 1.94. The highest BCUT2D eigenvalue weighted by Crippen LogP contribution is 2.26. The molecule has 1 heterocycles. The number of anilines is 2. The zero-order chi connectivity index (χ0) is 20.3. The van der Waals surface area contributed by atoms with Crippen LogP contribution >= 0.6 is 0 Å². The second-order valence-electron chi connectivity index (χ2n) is 5.74. The van der Waals surface area contributed by atoms with Crippen molar-refractivity contribution in [2.45, 2.75) is 4.90 Å². The monoisotopic (exact) mass is 399 g/mol. The summed E-state index contributed by atoms with van der Waals surface area (Å²) in [5, 5.41) is 8.07. The first-order chi connectivity index (χ1) is 13.3. The van der Waals surface area contributed by atoms with Crippen molar-refractivity contribution in [3.8, 4) is 17.0 Å². The van der Waals surface area contributed by atoms with E-state index >= 15 is 0 Å². The van der Waals surface area contributed by atoms with E-state index in [4.69, 9.17) is 15.6 Å². The fourth-order valence-corrected chi connectivity index (χ4v) is 3.08. The number of benzene rings is 2. The van der Waals surface area contributed by atoms with Gasteiger partial charge < -0.3 is 15.8 Å². The van der Waals surface area contributed by atoms with Gasteiger partial charge in [0.1, 0.15) is 5.75 Å². The molecule has 0 saturated heterocycles. The van der Waals surface area contributed by atoms with Crippen molar-refractivity contribution >= 4 is 27.6 Å². The molecule has 1 aromatic heterocycles. The van der Waals surface area contributed by atoms with Crippen LogP contribution in [-0.4, -0.2) is 31.4 Å². The first-order valence-electron chi connectivity index (χ1n) is 7.99. The molecule has 3 aromatic rings. The van der Waals surface area contributed by atoms with Gasteiger partial charge in [-0.05, 0) is 42.5 Å². The summed E-state index contributed by atoms with van der Waals surface area (Å²) in [6.45, 7) is 0. The maximum absolute atomic E-state index is 11.6. The van der Waals surface area contributed by atoms with Crippen LogP contribution in [0.25, 0.3) is 11.3 Å². The average Bonchev–Trinajstić information content (AvgIpc) is 2.67. The highest BCUT2D eigenvalue weighted by molar-refractivity contribution is 7.89. The number of hydrogen-bond donors (Lipinski definition) is 3. The SMILES string of the molecule is COc1ccc(-c2ccnc(Nc3cccc(S(N)(=O)=O)c3)n2)cc1C(N)=O. The Morgan fingerprint density at radius 1 is 1.14 bits per heavy atom. The molecule has 0 radical (unpaired) electrons. The number of ether oxygens (including phenoxy) is 1. The maximum Gasteiger partial charge on any atom is 0.252 e. The van der Waals surface area contributed by atoms with Gasteiger partial charge in [-0.3, -0.25) is 4.79 Å². The molecule has 0 atom stereocenters. The number of sulfonamides is 1. The van der Waals surface area contributed by atoms with Crippen LogP contribution in [0, 0.1) is 0 Å². The van der Waals surface area contributed by atoms with Crippen LogP contribution in [0.5, 0.6) is 5.75 Å². The predicted octanol–water partition coefficient (Wildman–Crippen LogP) is 1.64. The fourth-order valence-electron chi connectivity index (χ4n) is 2.52. The summed E-state index contributed by atoms with van der Waals surface area (Å²) in [5.41, 5.74) is 7.25. The normalized spacial score (nSPS) is 11.1. The lowest BCUT2D eigenvalue weighted by atomic mass is 10.1. The van der Waals surface area contributed by atoms with Crippen LogP contribution in [0.3, 0.4) is 0 Å². The van der Waals surface area contributed by atoms with Crippen molar-refractivity contribution in [1.29, 1.82) is 0 Å². The Kier molecular flexibility index (Phi) is 5.25. The zero-order valence-electron chi connectivity index (χ0n) is 14.8. The van der Waals surface area contributed by atoms with Crippen LogP contribution < -0.4 is 20.9 Å². The van der Waals surface area contributed by atoms with E-state index in [9.17, 15) is 13.2 Å². The Morgan fingerprint density at radius 3 is 2.61 bits per heavy atom. The van der Waals surface area contributed by atoms with Crippen molar-refractivity contribution in [3.63, 3.8) is 0 Å². The lowest BCUT2D eigenvalue weighted by molar-refractivity contribution is 0.0997. The largest absolute Gasteiger partial charge is 0.496 e. The molecule has 0 fully saturated rings. The van der Waals surface area contributed by atoms with Crippen LogP contribution in [0.4, 0.5) is 11.6 Å². The number of rotatable bonds is 6. The molecule has 0 unspecified atom stereocenters. The van der Waals surface area contributed by atoms with Crippen LogP contribution in [0.2, 0.25) is 0 Å². The molecule has 0 spiro atoms. The van der Waals surface area contributed by atoms with Gasteiger partial charge in [0, 0.05) is 17.4 Å². The summed E-state index contributed by atoms with van der Waals surface area (Å²) < 4.78 is 28.1. The molecule has 0 aliphatic heterocycles. The van der Waals surface area contributed by atoms with Crippen LogP contribution in [-0.2, 0) is 10.0 Å². The molecule has 0 aliphatic carbocycles. The highest BCUT2D eigenvalue weighted by Gasteiger charge is 2.12. The summed E-state index contributed by atoms with van der Waals surface area (Å²) in [4.78, 5) is 20.1. The zero-order valence-corrected chi connectivity index (χ0v) is 15.6. The summed E-state index contributed by atoms with van der Waals surface area (Å²) in [5.74, 6) is -0.0186. The van der Waals surface area contributed by atoms with E-state index < -0.39 is 15.9 Å². The van der Waals surface area contributed by atoms with Crippen molar-refractivity contribution in [2.24, 2.45) is 10.9 Å². The molecule has 10 heteroatoms. The summed E-state index contributed by atoms with van der Waals surface area (Å²) in [7, 11) is -2.38. The molecular formula is C18H17N5O4S. The molecule has 144 valence electrons. The molecule has 9 nitrogen and oxygen atoms in total. The van der Waals surface area contributed by atoms with Crippen LogP contribution in [0.15, 0.2) is 59.6 Å². The van der Waals surface area contributed by atoms with Gasteiger partial charge in [0.15, 0.2) is 0 Å². The summed E-state index contributed by atoms with van der Waals surface area (Å²) in [6, 6.07) is 12.6. The number of nitrogens with two attached hydrogens (primary N) is 2. The minimum absolute atomic E-state index is 0.0325. The van der Waals surface area contributed by atoms with Gasteiger partial charge in [0.25, 0.3) is 5.91 Å². The van der Waals surface area contributed by atoms with E-state index in [1.54, 1.807) is 36.4 Å². The van der Waals surface area contributed by atoms with Crippen molar-refractivity contribution < 1.29 is 17.9 Å². The number of aromatic nitrogens is 2. The van der Waals surface area contributed by atoms with Crippen molar-refractivity contribution in [2.75, 3.05) is 12.4 Å². The smallest absolute Gasteiger partial charge is 0.252 e. The molecule has 5 N–H and O–H groups in total. The second-order valence-corrected chi connectivity index (χ2v) is 7.30. The number of primary sulfonamides is 1. The first-order valence-corrected chi connectivity index (χ1v) is 9.54. The number of carbonyl (C=O) groups is 1. The molecule has 0 aliphatic rings. The Morgan fingerprint density at radius 2 is 1.93 bits per heavy atom. The van der Waals surface area contributed by atoms with Gasteiger partial charge in [0.2, 0.25) is 16.0 Å². The van der Waals surface area contributed by atoms with E-state index in [-0.39, 0.29) is 16.4 Å². The number of primary amides is 1. The van der Waals surface area contributed by atoms with Gasteiger partial charge in [-0.15, -0.1) is 0 Å². The van der Waals surface area contributed by atoms with Gasteiger partial charge in [-0.25, -0.2) is 23.5 Å². The maximum atomic E-state index is 11.6. The van der Waals surface area contributed by atoms with E-state index in [2.05, 4.69) is 15.3 Å². The second kappa shape index (κ2) is 7.62. The fraction of sp³-hybridized carbons (Fsp3) is 0.0556. The first kappa shape index (κ1) is 19.3. The molecule has 28 heavy (non-hydrogen) atoms. The van der Waals surface area contributed by atoms with Crippen molar-refractivity contribution in [3.05, 3.63) is 60.3 Å². The Hall–Kier alpha value is -3.50. The number of methoxy groups -OCH3 is 1. The molecule has 3 rings (SSSR count). The van der Waals surface area contributed by atoms with Gasteiger partial charge >= 0.3 is 0 Å². The minimum atomic E-state index is -3.82. The number of carbonyl (C=O) groups excluding carboxylic acids is 1. The topological polar surface area (TPSA) is 150 Å². The molecule has 0 bridgehead atoms. The molecule has 0 saturated carbocycles. The lowest BCUT2D eigenvalue weighted by Gasteiger charge is -2.10. The summed E-state index contributed by atoms with van der Waals surface area (Å²) in [6.07, 6.45) is 1.53. The predicted molar refractivity (Wildman–Crippen MR) is 104 cm³/mol. The van der Waals surface area contributed by atoms with Gasteiger partial charge in [-0.2, -0.15) is 0 Å². The Labute approximate surface area is 161 Å². The molecule has 1 amide bonds.